The quantitative estimate of drug-likeness (QED) is 0.369. The van der Waals surface area contributed by atoms with E-state index in [4.69, 9.17) is 9.41 Å². The maximum atomic E-state index is 9.92. The van der Waals surface area contributed by atoms with Crippen molar-refractivity contribution in [2.45, 2.75) is 38.5 Å². The zero-order valence-electron chi connectivity index (χ0n) is 20.3. The monoisotopic (exact) mass is 505 g/mol. The fourth-order valence-electron chi connectivity index (χ4n) is 4.89. The molecule has 0 bridgehead atoms. The van der Waals surface area contributed by atoms with E-state index in [2.05, 4.69) is 86.3 Å². The van der Waals surface area contributed by atoms with Crippen LogP contribution in [0.4, 0.5) is 5.13 Å². The predicted molar refractivity (Wildman–Crippen MR) is 144 cm³/mol. The van der Waals surface area contributed by atoms with E-state index in [1.807, 2.05) is 5.38 Å². The molecular formula is C27H31N3O3SSi. The highest BCUT2D eigenvalue weighted by Crippen LogP contribution is 2.39. The number of hydrogen-bond donors (Lipinski definition) is 2. The molecule has 182 valence electrons. The smallest absolute Gasteiger partial charge is 0.261 e. The van der Waals surface area contributed by atoms with E-state index in [0.717, 1.165) is 23.9 Å². The molecule has 2 aromatic heterocycles. The number of benzene rings is 2. The molecule has 0 unspecified atom stereocenters. The average Bonchev–Trinajstić information content (AvgIpc) is 3.41. The maximum absolute atomic E-state index is 9.92. The van der Waals surface area contributed by atoms with Crippen molar-refractivity contribution in [3.63, 3.8) is 0 Å². The second-order valence-corrected chi connectivity index (χ2v) is 15.2. The Labute approximate surface area is 211 Å². The Bertz CT molecular complexity index is 1220. The molecule has 35 heavy (non-hydrogen) atoms. The Morgan fingerprint density at radius 2 is 1.46 bits per heavy atom. The minimum Gasteiger partial charge on any atom is -0.494 e. The van der Waals surface area contributed by atoms with Crippen LogP contribution in [0.25, 0.3) is 0 Å². The van der Waals surface area contributed by atoms with Crippen LogP contribution in [-0.4, -0.2) is 47.3 Å². The SMILES string of the molecule is CC(C)(C)[Si](OC1CN(c2nc(Cn3c(O)ccc3O)cs2)C1)(c1ccccc1)c1ccccc1. The lowest BCUT2D eigenvalue weighted by Gasteiger charge is -2.49. The second kappa shape index (κ2) is 9.18. The van der Waals surface area contributed by atoms with Crippen molar-refractivity contribution < 1.29 is 14.6 Å². The summed E-state index contributed by atoms with van der Waals surface area (Å²) in [5.74, 6) is 0.0551. The fourth-order valence-corrected chi connectivity index (χ4v) is 10.4. The number of rotatable bonds is 7. The Hall–Kier alpha value is -3.07. The third-order valence-electron chi connectivity index (χ3n) is 6.67. The van der Waals surface area contributed by atoms with E-state index >= 15 is 0 Å². The molecule has 6 nitrogen and oxygen atoms in total. The summed E-state index contributed by atoms with van der Waals surface area (Å²) in [7, 11) is -2.57. The van der Waals surface area contributed by atoms with Crippen molar-refractivity contribution in [3.8, 4) is 11.8 Å². The summed E-state index contributed by atoms with van der Waals surface area (Å²) < 4.78 is 8.62. The molecule has 1 aliphatic heterocycles. The highest BCUT2D eigenvalue weighted by atomic mass is 32.1. The molecule has 0 aliphatic carbocycles. The van der Waals surface area contributed by atoms with Gasteiger partial charge >= 0.3 is 0 Å². The van der Waals surface area contributed by atoms with Crippen LogP contribution in [0.15, 0.2) is 78.2 Å². The van der Waals surface area contributed by atoms with Crippen LogP contribution < -0.4 is 15.3 Å². The molecule has 2 N–H and O–H groups in total. The van der Waals surface area contributed by atoms with Gasteiger partial charge in [0.05, 0.1) is 18.3 Å². The third-order valence-corrected chi connectivity index (χ3v) is 12.7. The molecule has 0 atom stereocenters. The van der Waals surface area contributed by atoms with Gasteiger partial charge in [-0.25, -0.2) is 4.98 Å². The first-order valence-electron chi connectivity index (χ1n) is 11.8. The second-order valence-electron chi connectivity index (χ2n) is 10.1. The molecule has 1 aliphatic rings. The van der Waals surface area contributed by atoms with Crippen LogP contribution in [0.5, 0.6) is 11.8 Å². The highest BCUT2D eigenvalue weighted by molar-refractivity contribution is 7.13. The van der Waals surface area contributed by atoms with E-state index in [1.54, 1.807) is 11.3 Å². The lowest BCUT2D eigenvalue weighted by atomic mass is 10.2. The van der Waals surface area contributed by atoms with E-state index < -0.39 is 8.32 Å². The summed E-state index contributed by atoms with van der Waals surface area (Å²) in [6.07, 6.45) is 0.117. The number of aromatic hydroxyl groups is 2. The molecule has 1 fully saturated rings. The molecule has 8 heteroatoms. The Kier molecular flexibility index (Phi) is 6.21. The standard InChI is InChI=1S/C27H31N3O3SSi/c1-27(2,3)35(22-10-6-4-7-11-22,23-12-8-5-9-13-23)33-21-17-29(18-21)26-28-20(19-34-26)16-30-24(31)14-15-25(30)32/h4-15,19,21,31-32H,16-18H2,1-3H3. The summed E-state index contributed by atoms with van der Waals surface area (Å²) >= 11 is 1.58. The van der Waals surface area contributed by atoms with Crippen LogP contribution in [0.2, 0.25) is 5.04 Å². The van der Waals surface area contributed by atoms with Gasteiger partial charge in [0.25, 0.3) is 8.32 Å². The minimum absolute atomic E-state index is 0.0276. The number of hydrogen-bond acceptors (Lipinski definition) is 6. The van der Waals surface area contributed by atoms with Crippen molar-refractivity contribution in [1.82, 2.24) is 9.55 Å². The molecule has 0 spiro atoms. The van der Waals surface area contributed by atoms with E-state index in [9.17, 15) is 10.2 Å². The number of anilines is 1. The third kappa shape index (κ3) is 4.37. The van der Waals surface area contributed by atoms with E-state index in [0.29, 0.717) is 6.54 Å². The number of thiazole rings is 1. The molecule has 0 radical (unpaired) electrons. The summed E-state index contributed by atoms with van der Waals surface area (Å²) in [6.45, 7) is 8.81. The van der Waals surface area contributed by atoms with Gasteiger partial charge in [0, 0.05) is 30.6 Å². The zero-order chi connectivity index (χ0) is 24.6. The zero-order valence-corrected chi connectivity index (χ0v) is 22.1. The first-order valence-corrected chi connectivity index (χ1v) is 14.6. The van der Waals surface area contributed by atoms with Gasteiger partial charge in [-0.2, -0.15) is 0 Å². The van der Waals surface area contributed by atoms with Gasteiger partial charge in [-0.15, -0.1) is 11.3 Å². The van der Waals surface area contributed by atoms with Gasteiger partial charge in [-0.1, -0.05) is 81.4 Å². The van der Waals surface area contributed by atoms with Crippen LogP contribution in [-0.2, 0) is 11.0 Å². The molecule has 0 amide bonds. The first-order chi connectivity index (χ1) is 16.8. The highest BCUT2D eigenvalue weighted by Gasteiger charge is 2.52. The van der Waals surface area contributed by atoms with Crippen LogP contribution >= 0.6 is 11.3 Å². The van der Waals surface area contributed by atoms with Crippen LogP contribution in [0.1, 0.15) is 26.5 Å². The number of aromatic nitrogens is 2. The average molecular weight is 506 g/mol. The lowest BCUT2D eigenvalue weighted by Crippen LogP contribution is -2.70. The molecule has 0 saturated carbocycles. The summed E-state index contributed by atoms with van der Waals surface area (Å²) in [4.78, 5) is 6.98. The molecular weight excluding hydrogens is 474 g/mol. The molecule has 2 aromatic carbocycles. The summed E-state index contributed by atoms with van der Waals surface area (Å²) in [5, 5.41) is 25.3. The molecule has 4 aromatic rings. The normalized spacial score (nSPS) is 14.8. The molecule has 3 heterocycles. The van der Waals surface area contributed by atoms with E-state index in [1.165, 1.54) is 27.1 Å². The summed E-state index contributed by atoms with van der Waals surface area (Å²) in [6, 6.07) is 24.4. The molecule has 1 saturated heterocycles. The van der Waals surface area contributed by atoms with Crippen LogP contribution in [0, 0.1) is 0 Å². The van der Waals surface area contributed by atoms with Gasteiger partial charge in [-0.05, 0) is 15.4 Å². The van der Waals surface area contributed by atoms with Crippen molar-refractivity contribution in [3.05, 3.63) is 83.9 Å². The van der Waals surface area contributed by atoms with Crippen LogP contribution in [0.3, 0.4) is 0 Å². The molecule has 5 rings (SSSR count). The van der Waals surface area contributed by atoms with Crippen molar-refractivity contribution >= 4 is 35.2 Å². The minimum atomic E-state index is -2.57. The Morgan fingerprint density at radius 3 is 1.97 bits per heavy atom. The van der Waals surface area contributed by atoms with Crippen molar-refractivity contribution in [2.75, 3.05) is 18.0 Å². The van der Waals surface area contributed by atoms with Gasteiger partial charge in [0.2, 0.25) is 0 Å². The van der Waals surface area contributed by atoms with Crippen molar-refractivity contribution in [2.24, 2.45) is 0 Å². The fraction of sp³-hybridized carbons (Fsp3) is 0.296. The Morgan fingerprint density at radius 1 is 0.914 bits per heavy atom. The van der Waals surface area contributed by atoms with Gasteiger partial charge in [0.1, 0.15) is 0 Å². The predicted octanol–water partition coefficient (Wildman–Crippen LogP) is 4.17. The first kappa shape index (κ1) is 23.7. The topological polar surface area (TPSA) is 70.8 Å². The van der Waals surface area contributed by atoms with Gasteiger partial charge in [0.15, 0.2) is 16.9 Å². The van der Waals surface area contributed by atoms with Gasteiger partial charge in [-0.3, -0.25) is 4.57 Å². The van der Waals surface area contributed by atoms with E-state index in [-0.39, 0.29) is 22.9 Å². The maximum Gasteiger partial charge on any atom is 0.261 e. The van der Waals surface area contributed by atoms with Crippen molar-refractivity contribution in [1.29, 1.82) is 0 Å². The largest absolute Gasteiger partial charge is 0.494 e. The Balaban J connectivity index is 1.36. The number of nitrogens with zero attached hydrogens (tertiary/aromatic N) is 3. The van der Waals surface area contributed by atoms with Gasteiger partial charge < -0.3 is 19.5 Å². The summed E-state index contributed by atoms with van der Waals surface area (Å²) in [5.41, 5.74) is 0.808. The lowest BCUT2D eigenvalue weighted by molar-refractivity contribution is 0.155.